The maximum Gasteiger partial charge on any atom is 0.162 e. The lowest BCUT2D eigenvalue weighted by Crippen LogP contribution is -2.20. The van der Waals surface area contributed by atoms with Gasteiger partial charge in [-0.1, -0.05) is 81.8 Å². The highest BCUT2D eigenvalue weighted by molar-refractivity contribution is 5.99. The molecule has 33 heavy (non-hydrogen) atoms. The van der Waals surface area contributed by atoms with Gasteiger partial charge < -0.3 is 0 Å². The monoisotopic (exact) mass is 440 g/mol. The van der Waals surface area contributed by atoms with Crippen LogP contribution in [0.5, 0.6) is 0 Å². The van der Waals surface area contributed by atoms with Gasteiger partial charge in [0.25, 0.3) is 0 Å². The first-order valence-electron chi connectivity index (χ1n) is 13.1. The van der Waals surface area contributed by atoms with Crippen LogP contribution < -0.4 is 0 Å². The lowest BCUT2D eigenvalue weighted by molar-refractivity contribution is -0.119. The molecule has 174 valence electrons. The van der Waals surface area contributed by atoms with Crippen molar-refractivity contribution in [3.8, 4) is 0 Å². The Morgan fingerprint density at radius 2 is 1.61 bits per heavy atom. The van der Waals surface area contributed by atoms with Crippen LogP contribution >= 0.6 is 0 Å². The molecule has 3 unspecified atom stereocenters. The highest BCUT2D eigenvalue weighted by Crippen LogP contribution is 2.50. The molecule has 0 radical (unpaired) electrons. The van der Waals surface area contributed by atoms with Crippen molar-refractivity contribution in [2.75, 3.05) is 0 Å². The minimum Gasteiger partial charge on any atom is -0.294 e. The molecule has 0 N–H and O–H groups in total. The van der Waals surface area contributed by atoms with E-state index in [-0.39, 0.29) is 5.92 Å². The number of carbonyl (C=O) groups is 1. The van der Waals surface area contributed by atoms with Crippen LogP contribution in [-0.2, 0) is 30.5 Å². The van der Waals surface area contributed by atoms with Gasteiger partial charge in [-0.05, 0) is 103 Å². The maximum atomic E-state index is 13.8. The van der Waals surface area contributed by atoms with Gasteiger partial charge in [0.1, 0.15) is 0 Å². The van der Waals surface area contributed by atoms with Crippen LogP contribution in [0.2, 0.25) is 0 Å². The first kappa shape index (κ1) is 23.7. The predicted molar refractivity (Wildman–Crippen MR) is 140 cm³/mol. The molecular formula is C32H40O. The van der Waals surface area contributed by atoms with Gasteiger partial charge in [-0.15, -0.1) is 0 Å². The summed E-state index contributed by atoms with van der Waals surface area (Å²) in [5, 5.41) is 0. The summed E-state index contributed by atoms with van der Waals surface area (Å²) < 4.78 is 0. The molecule has 2 aliphatic rings. The van der Waals surface area contributed by atoms with Crippen LogP contribution in [0, 0.1) is 5.92 Å². The van der Waals surface area contributed by atoms with E-state index in [0.717, 1.165) is 50.5 Å². The van der Waals surface area contributed by atoms with Crippen molar-refractivity contribution in [1.82, 2.24) is 0 Å². The van der Waals surface area contributed by atoms with E-state index in [4.69, 9.17) is 0 Å². The third kappa shape index (κ3) is 4.65. The lowest BCUT2D eigenvalue weighted by atomic mass is 9.80. The normalized spacial score (nSPS) is 22.4. The van der Waals surface area contributed by atoms with Gasteiger partial charge in [0.2, 0.25) is 0 Å². The van der Waals surface area contributed by atoms with E-state index in [1.807, 2.05) is 0 Å². The summed E-state index contributed by atoms with van der Waals surface area (Å²) in [7, 11) is 0. The Kier molecular flexibility index (Phi) is 7.37. The van der Waals surface area contributed by atoms with Crippen molar-refractivity contribution in [1.29, 1.82) is 0 Å². The number of hydrogen-bond acceptors (Lipinski definition) is 1. The molecule has 0 bridgehead atoms. The number of ketones is 1. The lowest BCUT2D eigenvalue weighted by Gasteiger charge is -2.23. The standard InChI is InChI=1S/C32H40O/c1-6-22-15-16-25(18-24(22)8-3)27-19-30(29-12-10-11-23(7-2)28(29)9-4)31(20-27)32(33)26-14-13-21(5)17-26/h10-16,18,27,30-31H,6-9,17,19-20H2,1-5H3. The largest absolute Gasteiger partial charge is 0.294 e. The first-order chi connectivity index (χ1) is 16.0. The predicted octanol–water partition coefficient (Wildman–Crippen LogP) is 8.06. The number of carbonyl (C=O) groups excluding carboxylic acids is 1. The summed E-state index contributed by atoms with van der Waals surface area (Å²) in [6, 6.07) is 13.9. The van der Waals surface area contributed by atoms with E-state index in [1.54, 1.807) is 0 Å². The second-order valence-electron chi connectivity index (χ2n) is 10.1. The topological polar surface area (TPSA) is 17.1 Å². The van der Waals surface area contributed by atoms with Crippen LogP contribution in [-0.4, -0.2) is 5.78 Å². The number of Topliss-reactive ketones (excluding diaryl/α,β-unsaturated/α-hetero) is 1. The van der Waals surface area contributed by atoms with Crippen LogP contribution in [0.3, 0.4) is 0 Å². The Balaban J connectivity index is 1.73. The molecule has 3 atom stereocenters. The number of rotatable bonds is 8. The van der Waals surface area contributed by atoms with E-state index in [9.17, 15) is 4.79 Å². The number of aryl methyl sites for hydroxylation is 3. The molecule has 2 aliphatic carbocycles. The average Bonchev–Trinajstić information content (AvgIpc) is 3.49. The molecule has 1 saturated carbocycles. The minimum absolute atomic E-state index is 0.0777. The van der Waals surface area contributed by atoms with E-state index in [1.165, 1.54) is 39.0 Å². The molecule has 2 aromatic carbocycles. The summed E-state index contributed by atoms with van der Waals surface area (Å²) in [4.78, 5) is 13.8. The van der Waals surface area contributed by atoms with Crippen molar-refractivity contribution in [2.24, 2.45) is 5.92 Å². The minimum atomic E-state index is 0.0777. The molecule has 1 heteroatoms. The van der Waals surface area contributed by atoms with Crippen molar-refractivity contribution in [2.45, 2.75) is 91.4 Å². The molecule has 0 saturated heterocycles. The van der Waals surface area contributed by atoms with E-state index in [0.29, 0.717) is 17.6 Å². The van der Waals surface area contributed by atoms with Gasteiger partial charge in [-0.3, -0.25) is 4.79 Å². The smallest absolute Gasteiger partial charge is 0.162 e. The average molecular weight is 441 g/mol. The Labute approximate surface area is 201 Å². The zero-order valence-corrected chi connectivity index (χ0v) is 21.2. The van der Waals surface area contributed by atoms with Gasteiger partial charge in [-0.2, -0.15) is 0 Å². The Bertz CT molecular complexity index is 1080. The zero-order valence-electron chi connectivity index (χ0n) is 21.2. The third-order valence-electron chi connectivity index (χ3n) is 8.16. The molecule has 0 aliphatic heterocycles. The molecule has 0 amide bonds. The first-order valence-corrected chi connectivity index (χ1v) is 13.1. The van der Waals surface area contributed by atoms with E-state index >= 15 is 0 Å². The maximum absolute atomic E-state index is 13.8. The van der Waals surface area contributed by atoms with Crippen LogP contribution in [0.1, 0.15) is 99.1 Å². The van der Waals surface area contributed by atoms with Crippen LogP contribution in [0.25, 0.3) is 0 Å². The molecule has 1 nitrogen and oxygen atoms in total. The van der Waals surface area contributed by atoms with Crippen molar-refractivity contribution < 1.29 is 4.79 Å². The Morgan fingerprint density at radius 3 is 2.24 bits per heavy atom. The third-order valence-corrected chi connectivity index (χ3v) is 8.16. The van der Waals surface area contributed by atoms with Gasteiger partial charge >= 0.3 is 0 Å². The fourth-order valence-corrected chi connectivity index (χ4v) is 6.35. The SMILES string of the molecule is CCc1ccc(C2CC(C(=O)C3=CC=C(C)C3)C(c3cccc(CC)c3CC)C2)cc1CC. The van der Waals surface area contributed by atoms with Crippen molar-refractivity contribution >= 4 is 5.78 Å². The molecule has 0 spiro atoms. The second kappa shape index (κ2) is 10.2. The van der Waals surface area contributed by atoms with Gasteiger partial charge in [0.15, 0.2) is 5.78 Å². The summed E-state index contributed by atoms with van der Waals surface area (Å²) in [5.74, 6) is 1.22. The highest BCUT2D eigenvalue weighted by Gasteiger charge is 2.41. The molecule has 4 rings (SSSR count). The highest BCUT2D eigenvalue weighted by atomic mass is 16.1. The number of hydrogen-bond donors (Lipinski definition) is 0. The summed E-state index contributed by atoms with van der Waals surface area (Å²) >= 11 is 0. The fourth-order valence-electron chi connectivity index (χ4n) is 6.35. The van der Waals surface area contributed by atoms with Crippen molar-refractivity contribution in [3.63, 3.8) is 0 Å². The van der Waals surface area contributed by atoms with Crippen LogP contribution in [0.4, 0.5) is 0 Å². The quantitative estimate of drug-likeness (QED) is 0.406. The number of allylic oxidation sites excluding steroid dienone is 4. The molecule has 0 heterocycles. The Hall–Kier alpha value is -2.41. The van der Waals surface area contributed by atoms with Gasteiger partial charge in [0.05, 0.1) is 0 Å². The Morgan fingerprint density at radius 1 is 0.848 bits per heavy atom. The molecule has 1 fully saturated rings. The molecule has 2 aromatic rings. The van der Waals surface area contributed by atoms with E-state index < -0.39 is 0 Å². The summed E-state index contributed by atoms with van der Waals surface area (Å²) in [6.07, 6.45) is 11.3. The molecule has 0 aromatic heterocycles. The van der Waals surface area contributed by atoms with Crippen LogP contribution in [0.15, 0.2) is 59.7 Å². The van der Waals surface area contributed by atoms with Gasteiger partial charge in [-0.25, -0.2) is 0 Å². The van der Waals surface area contributed by atoms with E-state index in [2.05, 4.69) is 83.2 Å². The summed E-state index contributed by atoms with van der Waals surface area (Å²) in [5.41, 5.74) is 11.0. The fraction of sp³-hybridized carbons (Fsp3) is 0.469. The van der Waals surface area contributed by atoms with Crippen molar-refractivity contribution in [3.05, 3.63) is 93.1 Å². The second-order valence-corrected chi connectivity index (χ2v) is 10.1. The van der Waals surface area contributed by atoms with Gasteiger partial charge in [0, 0.05) is 5.92 Å². The summed E-state index contributed by atoms with van der Waals surface area (Å²) in [6.45, 7) is 11.1. The molecular weight excluding hydrogens is 400 g/mol. The number of benzene rings is 2. The zero-order chi connectivity index (χ0) is 23.5.